The lowest BCUT2D eigenvalue weighted by atomic mass is 10.1. The smallest absolute Gasteiger partial charge is 0.342 e. The summed E-state index contributed by atoms with van der Waals surface area (Å²) in [6, 6.07) is 2.32. The van der Waals surface area contributed by atoms with Crippen molar-refractivity contribution in [1.29, 1.82) is 0 Å². The summed E-state index contributed by atoms with van der Waals surface area (Å²) in [4.78, 5) is 22.4. The van der Waals surface area contributed by atoms with E-state index in [1.54, 1.807) is 6.92 Å². The highest BCUT2D eigenvalue weighted by atomic mass is 35.5. The number of nitrogens with two attached hydrogens (primary N) is 1. The zero-order valence-electron chi connectivity index (χ0n) is 10.9. The maximum Gasteiger partial charge on any atom is 0.342 e. The number of primary amides is 1. The number of esters is 1. The Morgan fingerprint density at radius 1 is 1.40 bits per heavy atom. The third kappa shape index (κ3) is 4.62. The van der Waals surface area contributed by atoms with Crippen molar-refractivity contribution in [3.63, 3.8) is 0 Å². The molecule has 110 valence electrons. The fraction of sp³-hybridized carbons (Fsp3) is 0.385. The zero-order chi connectivity index (χ0) is 15.3. The molecule has 1 rings (SSSR count). The van der Waals surface area contributed by atoms with E-state index in [2.05, 4.69) is 0 Å². The molecule has 6 nitrogen and oxygen atoms in total. The van der Waals surface area contributed by atoms with Crippen molar-refractivity contribution >= 4 is 23.5 Å². The van der Waals surface area contributed by atoms with Crippen molar-refractivity contribution in [2.75, 3.05) is 0 Å². The Hall–Kier alpha value is -1.95. The number of halogens is 1. The maximum absolute atomic E-state index is 11.8. The first-order valence-corrected chi connectivity index (χ1v) is 6.39. The van der Waals surface area contributed by atoms with Crippen LogP contribution < -0.4 is 5.73 Å². The third-order valence-electron chi connectivity index (χ3n) is 2.62. The average molecular weight is 302 g/mol. The third-order valence-corrected chi connectivity index (χ3v) is 2.83. The van der Waals surface area contributed by atoms with E-state index in [0.29, 0.717) is 12.8 Å². The van der Waals surface area contributed by atoms with Crippen molar-refractivity contribution in [1.82, 2.24) is 0 Å². The van der Waals surface area contributed by atoms with Gasteiger partial charge in [-0.2, -0.15) is 0 Å². The van der Waals surface area contributed by atoms with E-state index in [9.17, 15) is 19.8 Å². The molecule has 0 unspecified atom stereocenters. The first kappa shape index (κ1) is 16.1. The summed E-state index contributed by atoms with van der Waals surface area (Å²) in [5, 5.41) is 19.1. The number of ether oxygens (including phenoxy) is 1. The molecule has 0 aromatic heterocycles. The standard InChI is InChI=1S/C13H16ClNO5/c1-7(3-2-4-11(15)17)20-13(19)9-5-8(14)6-10(16)12(9)18/h5-7,16,18H,2-4H2,1H3,(H2,15,17)/t7-/m0/s1. The van der Waals surface area contributed by atoms with E-state index in [1.807, 2.05) is 0 Å². The zero-order valence-corrected chi connectivity index (χ0v) is 11.7. The Morgan fingerprint density at radius 2 is 2.05 bits per heavy atom. The molecule has 0 heterocycles. The highest BCUT2D eigenvalue weighted by Crippen LogP contribution is 2.33. The van der Waals surface area contributed by atoms with Gasteiger partial charge in [-0.15, -0.1) is 0 Å². The van der Waals surface area contributed by atoms with Gasteiger partial charge in [0.25, 0.3) is 0 Å². The fourth-order valence-corrected chi connectivity index (χ4v) is 1.82. The molecule has 1 aromatic rings. The van der Waals surface area contributed by atoms with Crippen LogP contribution in [-0.2, 0) is 9.53 Å². The quantitative estimate of drug-likeness (QED) is 0.549. The molecule has 0 aliphatic carbocycles. The Morgan fingerprint density at radius 3 is 2.65 bits per heavy atom. The monoisotopic (exact) mass is 301 g/mol. The number of hydrogen-bond donors (Lipinski definition) is 3. The summed E-state index contributed by atoms with van der Waals surface area (Å²) in [7, 11) is 0. The van der Waals surface area contributed by atoms with Gasteiger partial charge in [-0.3, -0.25) is 4.79 Å². The number of hydrogen-bond acceptors (Lipinski definition) is 5. The van der Waals surface area contributed by atoms with Crippen molar-refractivity contribution in [2.24, 2.45) is 5.73 Å². The Balaban J connectivity index is 2.65. The number of rotatable bonds is 6. The van der Waals surface area contributed by atoms with Gasteiger partial charge in [0, 0.05) is 17.5 Å². The van der Waals surface area contributed by atoms with E-state index in [0.717, 1.165) is 6.07 Å². The normalized spacial score (nSPS) is 11.9. The van der Waals surface area contributed by atoms with Crippen LogP contribution in [0.5, 0.6) is 11.5 Å². The number of amides is 1. The van der Waals surface area contributed by atoms with Gasteiger partial charge < -0.3 is 20.7 Å². The highest BCUT2D eigenvalue weighted by molar-refractivity contribution is 6.31. The molecular formula is C13H16ClNO5. The highest BCUT2D eigenvalue weighted by Gasteiger charge is 2.19. The number of phenols is 2. The number of phenolic OH excluding ortho intramolecular Hbond substituents is 2. The second-order valence-electron chi connectivity index (χ2n) is 4.40. The number of benzene rings is 1. The van der Waals surface area contributed by atoms with Gasteiger partial charge in [0.15, 0.2) is 11.5 Å². The fourth-order valence-electron chi connectivity index (χ4n) is 1.61. The molecule has 20 heavy (non-hydrogen) atoms. The number of carbonyl (C=O) groups excluding carboxylic acids is 2. The van der Waals surface area contributed by atoms with Crippen molar-refractivity contribution in [3.05, 3.63) is 22.7 Å². The molecule has 0 fully saturated rings. The van der Waals surface area contributed by atoms with Crippen LogP contribution in [0.15, 0.2) is 12.1 Å². The summed E-state index contributed by atoms with van der Waals surface area (Å²) in [6.45, 7) is 1.65. The molecule has 0 saturated carbocycles. The van der Waals surface area contributed by atoms with Gasteiger partial charge in [0.2, 0.25) is 5.91 Å². The summed E-state index contributed by atoms with van der Waals surface area (Å²) >= 11 is 5.69. The molecule has 1 atom stereocenters. The Labute approximate surface area is 121 Å². The molecule has 1 aromatic carbocycles. The second-order valence-corrected chi connectivity index (χ2v) is 4.83. The minimum absolute atomic E-state index is 0.105. The van der Waals surface area contributed by atoms with Crippen LogP contribution in [0.3, 0.4) is 0 Å². The van der Waals surface area contributed by atoms with Crippen molar-refractivity contribution < 1.29 is 24.5 Å². The predicted molar refractivity (Wildman–Crippen MR) is 72.7 cm³/mol. The van der Waals surface area contributed by atoms with Crippen LogP contribution in [-0.4, -0.2) is 28.2 Å². The van der Waals surface area contributed by atoms with Gasteiger partial charge in [-0.1, -0.05) is 11.6 Å². The lowest BCUT2D eigenvalue weighted by molar-refractivity contribution is -0.118. The van der Waals surface area contributed by atoms with Crippen molar-refractivity contribution in [3.8, 4) is 11.5 Å². The summed E-state index contributed by atoms with van der Waals surface area (Å²) < 4.78 is 5.09. The van der Waals surface area contributed by atoms with Gasteiger partial charge in [0.1, 0.15) is 5.56 Å². The molecule has 7 heteroatoms. The molecule has 1 amide bonds. The number of carbonyl (C=O) groups is 2. The van der Waals surface area contributed by atoms with Gasteiger partial charge in [0.05, 0.1) is 6.10 Å². The lowest BCUT2D eigenvalue weighted by Crippen LogP contribution is -2.17. The van der Waals surface area contributed by atoms with E-state index >= 15 is 0 Å². The Kier molecular flexibility index (Phi) is 5.64. The first-order valence-electron chi connectivity index (χ1n) is 6.02. The summed E-state index contributed by atoms with van der Waals surface area (Å²) in [5.41, 5.74) is 4.79. The average Bonchev–Trinajstić information content (AvgIpc) is 2.32. The maximum atomic E-state index is 11.8. The first-order chi connectivity index (χ1) is 9.31. The van der Waals surface area contributed by atoms with E-state index in [4.69, 9.17) is 22.1 Å². The summed E-state index contributed by atoms with van der Waals surface area (Å²) in [5.74, 6) is -2.29. The molecule has 0 radical (unpaired) electrons. The molecule has 0 saturated heterocycles. The molecular weight excluding hydrogens is 286 g/mol. The molecule has 0 spiro atoms. The molecule has 0 aliphatic rings. The summed E-state index contributed by atoms with van der Waals surface area (Å²) in [6.07, 6.45) is 0.714. The molecule has 0 aliphatic heterocycles. The minimum atomic E-state index is -0.799. The van der Waals surface area contributed by atoms with E-state index in [1.165, 1.54) is 6.07 Å². The molecule has 4 N–H and O–H groups in total. The van der Waals surface area contributed by atoms with Crippen LogP contribution in [0.2, 0.25) is 5.02 Å². The van der Waals surface area contributed by atoms with Gasteiger partial charge >= 0.3 is 5.97 Å². The van der Waals surface area contributed by atoms with E-state index < -0.39 is 29.5 Å². The second kappa shape index (κ2) is 7.00. The predicted octanol–water partition coefficient (Wildman–Crippen LogP) is 1.95. The van der Waals surface area contributed by atoms with Crippen LogP contribution in [0.25, 0.3) is 0 Å². The minimum Gasteiger partial charge on any atom is -0.504 e. The van der Waals surface area contributed by atoms with Crippen LogP contribution >= 0.6 is 11.6 Å². The largest absolute Gasteiger partial charge is 0.504 e. The van der Waals surface area contributed by atoms with Crippen molar-refractivity contribution in [2.45, 2.75) is 32.3 Å². The SMILES string of the molecule is C[C@@H](CCCC(N)=O)OC(=O)c1cc(Cl)cc(O)c1O. The van der Waals surface area contributed by atoms with Crippen LogP contribution in [0.4, 0.5) is 0 Å². The molecule has 0 bridgehead atoms. The number of aromatic hydroxyl groups is 2. The lowest BCUT2D eigenvalue weighted by Gasteiger charge is -2.14. The van der Waals surface area contributed by atoms with Crippen LogP contribution in [0.1, 0.15) is 36.5 Å². The van der Waals surface area contributed by atoms with Crippen LogP contribution in [0, 0.1) is 0 Å². The Bertz CT molecular complexity index is 518. The van der Waals surface area contributed by atoms with E-state index in [-0.39, 0.29) is 17.0 Å². The topological polar surface area (TPSA) is 110 Å². The van der Waals surface area contributed by atoms with Gasteiger partial charge in [-0.25, -0.2) is 4.79 Å². The van der Waals surface area contributed by atoms with Gasteiger partial charge in [-0.05, 0) is 25.8 Å².